The molecule has 1 aromatic carbocycles. The fourth-order valence-electron chi connectivity index (χ4n) is 2.37. The third kappa shape index (κ3) is 3.81. The minimum Gasteiger partial charge on any atom is -0.478 e. The molecule has 1 fully saturated rings. The summed E-state index contributed by atoms with van der Waals surface area (Å²) in [5, 5.41) is 11.7. The summed E-state index contributed by atoms with van der Waals surface area (Å²) in [6.07, 6.45) is 3.44. The van der Waals surface area contributed by atoms with Gasteiger partial charge in [0.1, 0.15) is 0 Å². The average molecular weight is 277 g/mol. The molecular formula is C15H19NO4. The molecular weight excluding hydrogens is 258 g/mol. The number of carboxylic acid groups (broad SMARTS) is 1. The number of nitrogens with one attached hydrogen (secondary N) is 1. The molecule has 0 aliphatic carbocycles. The molecule has 2 N–H and O–H groups in total. The van der Waals surface area contributed by atoms with Gasteiger partial charge in [0.25, 0.3) is 0 Å². The Hall–Kier alpha value is -1.88. The predicted octanol–water partition coefficient (Wildman–Crippen LogP) is 2.59. The molecule has 1 heterocycles. The van der Waals surface area contributed by atoms with E-state index in [1.165, 1.54) is 6.07 Å². The topological polar surface area (TPSA) is 75.6 Å². The molecule has 0 saturated carbocycles. The first-order chi connectivity index (χ1) is 9.56. The second-order valence-electron chi connectivity index (χ2n) is 5.08. The Morgan fingerprint density at radius 3 is 2.80 bits per heavy atom. The third-order valence-electron chi connectivity index (χ3n) is 3.43. The van der Waals surface area contributed by atoms with Gasteiger partial charge < -0.3 is 15.2 Å². The van der Waals surface area contributed by atoms with Gasteiger partial charge in [-0.05, 0) is 49.9 Å². The van der Waals surface area contributed by atoms with Crippen LogP contribution in [0, 0.1) is 6.92 Å². The molecule has 0 bridgehead atoms. The number of carbonyl (C=O) groups excluding carboxylic acids is 1. The first-order valence-electron chi connectivity index (χ1n) is 6.81. The lowest BCUT2D eigenvalue weighted by Gasteiger charge is -2.22. The van der Waals surface area contributed by atoms with Crippen LogP contribution in [-0.4, -0.2) is 29.7 Å². The average Bonchev–Trinajstić information content (AvgIpc) is 2.39. The molecule has 1 aliphatic rings. The number of carboxylic acids is 1. The van der Waals surface area contributed by atoms with Crippen molar-refractivity contribution in [1.82, 2.24) is 0 Å². The van der Waals surface area contributed by atoms with Crippen LogP contribution in [0.4, 0.5) is 5.69 Å². The van der Waals surface area contributed by atoms with Crippen LogP contribution in [0.25, 0.3) is 0 Å². The molecule has 1 amide bonds. The van der Waals surface area contributed by atoms with E-state index in [1.807, 2.05) is 0 Å². The second-order valence-corrected chi connectivity index (χ2v) is 5.08. The van der Waals surface area contributed by atoms with Crippen molar-refractivity contribution in [3.05, 3.63) is 29.3 Å². The number of aromatic carboxylic acids is 1. The molecule has 0 aromatic heterocycles. The highest BCUT2D eigenvalue weighted by Gasteiger charge is 2.18. The number of anilines is 1. The standard InChI is InChI=1S/C15H19NO4/c1-10-8-11(5-6-13(10)15(18)19)16-14(17)9-12-4-2-3-7-20-12/h5-6,8,12H,2-4,7,9H2,1H3,(H,16,17)(H,18,19). The molecule has 5 nitrogen and oxygen atoms in total. The molecule has 0 spiro atoms. The zero-order valence-electron chi connectivity index (χ0n) is 11.5. The second kappa shape index (κ2) is 6.52. The Morgan fingerprint density at radius 1 is 1.40 bits per heavy atom. The summed E-state index contributed by atoms with van der Waals surface area (Å²) in [5.41, 5.74) is 1.50. The zero-order valence-corrected chi connectivity index (χ0v) is 11.5. The van der Waals surface area contributed by atoms with Crippen molar-refractivity contribution < 1.29 is 19.4 Å². The highest BCUT2D eigenvalue weighted by Crippen LogP contribution is 2.18. The molecule has 5 heteroatoms. The van der Waals surface area contributed by atoms with Crippen LogP contribution in [0.5, 0.6) is 0 Å². The first-order valence-corrected chi connectivity index (χ1v) is 6.81. The van der Waals surface area contributed by atoms with E-state index in [2.05, 4.69) is 5.32 Å². The van der Waals surface area contributed by atoms with Gasteiger partial charge in [-0.25, -0.2) is 4.79 Å². The van der Waals surface area contributed by atoms with Gasteiger partial charge >= 0.3 is 5.97 Å². The summed E-state index contributed by atoms with van der Waals surface area (Å²) in [6.45, 7) is 2.44. The van der Waals surface area contributed by atoms with Gasteiger partial charge in [0.15, 0.2) is 0 Å². The highest BCUT2D eigenvalue weighted by atomic mass is 16.5. The van der Waals surface area contributed by atoms with E-state index >= 15 is 0 Å². The summed E-state index contributed by atoms with van der Waals surface area (Å²) >= 11 is 0. The summed E-state index contributed by atoms with van der Waals surface area (Å²) in [7, 11) is 0. The number of hydrogen-bond donors (Lipinski definition) is 2. The smallest absolute Gasteiger partial charge is 0.335 e. The van der Waals surface area contributed by atoms with Gasteiger partial charge in [0.05, 0.1) is 18.1 Å². The van der Waals surface area contributed by atoms with Crippen molar-refractivity contribution >= 4 is 17.6 Å². The minimum atomic E-state index is -0.962. The Kier molecular flexibility index (Phi) is 4.74. The molecule has 108 valence electrons. The largest absolute Gasteiger partial charge is 0.478 e. The van der Waals surface area contributed by atoms with Crippen LogP contribution < -0.4 is 5.32 Å². The van der Waals surface area contributed by atoms with Crippen molar-refractivity contribution in [3.8, 4) is 0 Å². The Morgan fingerprint density at radius 2 is 2.20 bits per heavy atom. The summed E-state index contributed by atoms with van der Waals surface area (Å²) in [4.78, 5) is 22.8. The predicted molar refractivity (Wildman–Crippen MR) is 75.0 cm³/mol. The van der Waals surface area contributed by atoms with E-state index in [9.17, 15) is 9.59 Å². The number of carbonyl (C=O) groups is 2. The molecule has 1 aliphatic heterocycles. The van der Waals surface area contributed by atoms with E-state index in [4.69, 9.17) is 9.84 Å². The lowest BCUT2D eigenvalue weighted by Crippen LogP contribution is -2.25. The van der Waals surface area contributed by atoms with E-state index in [0.29, 0.717) is 17.7 Å². The van der Waals surface area contributed by atoms with Crippen molar-refractivity contribution in [2.45, 2.75) is 38.7 Å². The number of amides is 1. The highest BCUT2D eigenvalue weighted by molar-refractivity contribution is 5.93. The molecule has 1 saturated heterocycles. The third-order valence-corrected chi connectivity index (χ3v) is 3.43. The van der Waals surface area contributed by atoms with E-state index in [0.717, 1.165) is 25.9 Å². The Balaban J connectivity index is 1.93. The first kappa shape index (κ1) is 14.5. The van der Waals surface area contributed by atoms with Crippen LogP contribution >= 0.6 is 0 Å². The SMILES string of the molecule is Cc1cc(NC(=O)CC2CCCCO2)ccc1C(=O)O. The van der Waals surface area contributed by atoms with Gasteiger partial charge in [-0.3, -0.25) is 4.79 Å². The summed E-state index contributed by atoms with van der Waals surface area (Å²) < 4.78 is 5.52. The van der Waals surface area contributed by atoms with Gasteiger partial charge in [-0.1, -0.05) is 0 Å². The van der Waals surface area contributed by atoms with Crippen molar-refractivity contribution in [2.24, 2.45) is 0 Å². The summed E-state index contributed by atoms with van der Waals surface area (Å²) in [6, 6.07) is 4.78. The van der Waals surface area contributed by atoms with Crippen molar-refractivity contribution in [1.29, 1.82) is 0 Å². The summed E-state index contributed by atoms with van der Waals surface area (Å²) in [5.74, 6) is -1.06. The zero-order chi connectivity index (χ0) is 14.5. The van der Waals surface area contributed by atoms with Crippen LogP contribution in [0.1, 0.15) is 41.6 Å². The fourth-order valence-corrected chi connectivity index (χ4v) is 2.37. The van der Waals surface area contributed by atoms with Crippen LogP contribution in [0.15, 0.2) is 18.2 Å². The van der Waals surface area contributed by atoms with Crippen LogP contribution in [-0.2, 0) is 9.53 Å². The van der Waals surface area contributed by atoms with E-state index < -0.39 is 5.97 Å². The van der Waals surface area contributed by atoms with Crippen LogP contribution in [0.3, 0.4) is 0 Å². The molecule has 1 unspecified atom stereocenters. The molecule has 0 radical (unpaired) electrons. The minimum absolute atomic E-state index is 0.00291. The maximum absolute atomic E-state index is 11.9. The number of aryl methyl sites for hydroxylation is 1. The quantitative estimate of drug-likeness (QED) is 0.887. The lowest BCUT2D eigenvalue weighted by atomic mass is 10.1. The fraction of sp³-hybridized carbons (Fsp3) is 0.467. The van der Waals surface area contributed by atoms with Crippen molar-refractivity contribution in [3.63, 3.8) is 0 Å². The normalized spacial score (nSPS) is 18.6. The van der Waals surface area contributed by atoms with E-state index in [-0.39, 0.29) is 17.6 Å². The molecule has 20 heavy (non-hydrogen) atoms. The van der Waals surface area contributed by atoms with Gasteiger partial charge in [-0.2, -0.15) is 0 Å². The Labute approximate surface area is 117 Å². The number of rotatable bonds is 4. The molecule has 1 atom stereocenters. The van der Waals surface area contributed by atoms with Gasteiger partial charge in [-0.15, -0.1) is 0 Å². The van der Waals surface area contributed by atoms with Gasteiger partial charge in [0, 0.05) is 12.3 Å². The molecule has 1 aromatic rings. The molecule has 2 rings (SSSR count). The lowest BCUT2D eigenvalue weighted by molar-refractivity contribution is -0.119. The Bertz CT molecular complexity index is 507. The number of hydrogen-bond acceptors (Lipinski definition) is 3. The monoisotopic (exact) mass is 277 g/mol. The van der Waals surface area contributed by atoms with Crippen molar-refractivity contribution in [2.75, 3.05) is 11.9 Å². The number of benzene rings is 1. The van der Waals surface area contributed by atoms with E-state index in [1.54, 1.807) is 19.1 Å². The number of ether oxygens (including phenoxy) is 1. The van der Waals surface area contributed by atoms with Crippen LogP contribution in [0.2, 0.25) is 0 Å². The maximum Gasteiger partial charge on any atom is 0.335 e. The van der Waals surface area contributed by atoms with Gasteiger partial charge in [0.2, 0.25) is 5.91 Å². The maximum atomic E-state index is 11.9.